The molecule has 0 saturated carbocycles. The summed E-state index contributed by atoms with van der Waals surface area (Å²) < 4.78 is 73.1. The number of amides is 2. The van der Waals surface area contributed by atoms with E-state index in [9.17, 15) is 26.8 Å². The van der Waals surface area contributed by atoms with Gasteiger partial charge in [0.1, 0.15) is 23.4 Å². The summed E-state index contributed by atoms with van der Waals surface area (Å²) in [6.07, 6.45) is 1.15. The van der Waals surface area contributed by atoms with E-state index in [1.54, 1.807) is 36.4 Å². The van der Waals surface area contributed by atoms with Gasteiger partial charge in [0.2, 0.25) is 5.91 Å². The average molecular weight is 637 g/mol. The third-order valence-electron chi connectivity index (χ3n) is 6.70. The van der Waals surface area contributed by atoms with Crippen LogP contribution >= 0.6 is 0 Å². The van der Waals surface area contributed by atoms with Crippen LogP contribution < -0.4 is 14.8 Å². The number of hydrogen-bond acceptors (Lipinski definition) is 5. The predicted octanol–water partition coefficient (Wildman–Crippen LogP) is 5.95. The highest BCUT2D eigenvalue weighted by molar-refractivity contribution is 7.90. The lowest BCUT2D eigenvalue weighted by Crippen LogP contribution is -2.50. The lowest BCUT2D eigenvalue weighted by molar-refractivity contribution is -0.123. The summed E-state index contributed by atoms with van der Waals surface area (Å²) in [5, 5.41) is 3.53. The Hall–Kier alpha value is -4.90. The van der Waals surface area contributed by atoms with Gasteiger partial charge in [-0.15, -0.1) is 0 Å². The van der Waals surface area contributed by atoms with E-state index in [1.165, 1.54) is 24.3 Å². The van der Waals surface area contributed by atoms with Crippen molar-refractivity contribution in [3.8, 4) is 5.75 Å². The van der Waals surface area contributed by atoms with Gasteiger partial charge in [0.15, 0.2) is 0 Å². The van der Waals surface area contributed by atoms with Gasteiger partial charge in [0.05, 0.1) is 6.04 Å². The van der Waals surface area contributed by atoms with E-state index < -0.39 is 50.8 Å². The summed E-state index contributed by atoms with van der Waals surface area (Å²) in [7, 11) is -4.86. The molecule has 0 saturated heterocycles. The molecule has 0 unspecified atom stereocenters. The molecule has 0 aromatic heterocycles. The van der Waals surface area contributed by atoms with E-state index in [1.807, 2.05) is 31.2 Å². The smallest absolute Gasteiger partial charge is 0.366 e. The molecule has 0 aliphatic carbocycles. The summed E-state index contributed by atoms with van der Waals surface area (Å²) in [5.41, 5.74) is 2.07. The number of rotatable bonds is 13. The van der Waals surface area contributed by atoms with Crippen LogP contribution in [0.1, 0.15) is 33.5 Å². The van der Waals surface area contributed by atoms with Gasteiger partial charge in [-0.05, 0) is 61.2 Å². The molecule has 7 nitrogen and oxygen atoms in total. The van der Waals surface area contributed by atoms with Crippen molar-refractivity contribution in [2.24, 2.45) is 0 Å². The van der Waals surface area contributed by atoms with E-state index in [4.69, 9.17) is 4.18 Å². The Kier molecular flexibility index (Phi) is 11.2. The van der Waals surface area contributed by atoms with Crippen LogP contribution in [0.2, 0.25) is 0 Å². The first kappa shape index (κ1) is 33.0. The fraction of sp³-hybridized carbons (Fsp3) is 0.176. The molecular weight excluding hydrogens is 605 g/mol. The third kappa shape index (κ3) is 10.1. The maximum absolute atomic E-state index is 15.2. The summed E-state index contributed by atoms with van der Waals surface area (Å²) >= 11 is 0. The Morgan fingerprint density at radius 1 is 0.822 bits per heavy atom. The minimum atomic E-state index is -4.86. The Labute approximate surface area is 259 Å². The summed E-state index contributed by atoms with van der Waals surface area (Å²) in [4.78, 5) is 26.7. The molecule has 2 amide bonds. The number of benzene rings is 4. The molecule has 4 rings (SSSR count). The lowest BCUT2D eigenvalue weighted by atomic mass is 10.0. The van der Waals surface area contributed by atoms with Crippen LogP contribution in [0, 0.1) is 18.6 Å². The average Bonchev–Trinajstić information content (AvgIpc) is 2.99. The second kappa shape index (κ2) is 15.2. The predicted molar refractivity (Wildman–Crippen MR) is 164 cm³/mol. The van der Waals surface area contributed by atoms with Crippen molar-refractivity contribution in [3.05, 3.63) is 148 Å². The number of para-hydroxylation sites is 1. The first-order valence-electron chi connectivity index (χ1n) is 14.0. The highest BCUT2D eigenvalue weighted by Gasteiger charge is 2.27. The molecule has 0 spiro atoms. The number of carbonyl (C=O) groups is 2. The fourth-order valence-corrected chi connectivity index (χ4v) is 5.32. The lowest BCUT2D eigenvalue weighted by Gasteiger charge is -2.23. The van der Waals surface area contributed by atoms with Crippen molar-refractivity contribution in [1.29, 1.82) is 0 Å². The normalized spacial score (nSPS) is 13.0. The Bertz CT molecular complexity index is 1750. The van der Waals surface area contributed by atoms with Gasteiger partial charge < -0.3 is 14.8 Å². The molecule has 0 bridgehead atoms. The minimum absolute atomic E-state index is 0.0237. The zero-order chi connectivity index (χ0) is 32.4. The van der Waals surface area contributed by atoms with Gasteiger partial charge in [0.25, 0.3) is 11.1 Å². The van der Waals surface area contributed by atoms with Crippen molar-refractivity contribution in [1.82, 2.24) is 10.6 Å². The highest BCUT2D eigenvalue weighted by Crippen LogP contribution is 2.19. The molecule has 0 aliphatic heterocycles. The van der Waals surface area contributed by atoms with E-state index in [-0.39, 0.29) is 24.2 Å². The largest absolute Gasteiger partial charge is 0.377 e. The maximum Gasteiger partial charge on any atom is 0.366 e. The van der Waals surface area contributed by atoms with E-state index in [0.29, 0.717) is 18.1 Å². The second-order valence-electron chi connectivity index (χ2n) is 10.3. The molecule has 0 radical (unpaired) electrons. The van der Waals surface area contributed by atoms with E-state index in [0.717, 1.165) is 29.3 Å². The minimum Gasteiger partial charge on any atom is -0.377 e. The molecule has 0 heterocycles. The summed E-state index contributed by atoms with van der Waals surface area (Å²) in [6, 6.07) is 23.5. The number of aryl methyl sites for hydroxylation is 2. The van der Waals surface area contributed by atoms with Crippen molar-refractivity contribution >= 4 is 21.9 Å². The van der Waals surface area contributed by atoms with E-state index in [2.05, 4.69) is 10.6 Å². The molecule has 0 aliphatic rings. The number of hydrogen-bond donors (Lipinski definition) is 2. The number of nitrogens with one attached hydrogen (secondary N) is 2. The first-order chi connectivity index (χ1) is 21.5. The standard InChI is InChI=1S/C34H31F3N2O5S/c1-23-9-8-12-25(17-23)18-31(39-33(40)26-19-27(35)21-28(36)20-26)34(41)38-29(16-15-24-10-4-2-5-11-24)22-32(37)45(42,43)44-30-13-6-3-7-14-30/h2-14,17,19-22,29,31H,15-16,18H2,1H3,(H,38,41)(H,39,40)/b32-22+/t29-,31-/m0/s1. The van der Waals surface area contributed by atoms with Gasteiger partial charge in [-0.2, -0.15) is 12.8 Å². The molecule has 4 aromatic carbocycles. The van der Waals surface area contributed by atoms with Gasteiger partial charge in [0, 0.05) is 18.1 Å². The fourth-order valence-electron chi connectivity index (χ4n) is 4.54. The molecule has 2 atom stereocenters. The van der Waals surface area contributed by atoms with Gasteiger partial charge >= 0.3 is 10.1 Å². The van der Waals surface area contributed by atoms with E-state index >= 15 is 4.39 Å². The van der Waals surface area contributed by atoms with Crippen molar-refractivity contribution in [3.63, 3.8) is 0 Å². The molecule has 45 heavy (non-hydrogen) atoms. The number of halogens is 3. The van der Waals surface area contributed by atoms with Crippen LogP contribution in [0.15, 0.2) is 114 Å². The monoisotopic (exact) mass is 636 g/mol. The van der Waals surface area contributed by atoms with Crippen molar-refractivity contribution in [2.75, 3.05) is 0 Å². The molecule has 234 valence electrons. The Balaban J connectivity index is 1.61. The van der Waals surface area contributed by atoms with Crippen LogP contribution in [0.5, 0.6) is 5.75 Å². The molecule has 0 fully saturated rings. The number of carbonyl (C=O) groups excluding carboxylic acids is 2. The quantitative estimate of drug-likeness (QED) is 0.177. The Morgan fingerprint density at radius 2 is 1.44 bits per heavy atom. The maximum atomic E-state index is 15.2. The first-order valence-corrected chi connectivity index (χ1v) is 15.4. The molecule has 11 heteroatoms. The van der Waals surface area contributed by atoms with Crippen LogP contribution in [0.4, 0.5) is 13.2 Å². The zero-order valence-corrected chi connectivity index (χ0v) is 25.1. The molecule has 4 aromatic rings. The highest BCUT2D eigenvalue weighted by atomic mass is 32.2. The molecular formula is C34H31F3N2O5S. The molecule has 2 N–H and O–H groups in total. The van der Waals surface area contributed by atoms with Crippen LogP contribution in [-0.2, 0) is 27.8 Å². The third-order valence-corrected chi connectivity index (χ3v) is 7.73. The van der Waals surface area contributed by atoms with Crippen molar-refractivity contribution in [2.45, 2.75) is 38.3 Å². The topological polar surface area (TPSA) is 102 Å². The zero-order valence-electron chi connectivity index (χ0n) is 24.3. The SMILES string of the molecule is Cc1cccc(C[C@H](NC(=O)c2cc(F)cc(F)c2)C(=O)N[C@H](/C=C(\F)S(=O)(=O)Oc2ccccc2)CCc2ccccc2)c1. The summed E-state index contributed by atoms with van der Waals surface area (Å²) in [6.45, 7) is 1.85. The summed E-state index contributed by atoms with van der Waals surface area (Å²) in [5.74, 6) is -3.73. The van der Waals surface area contributed by atoms with Gasteiger partial charge in [-0.25, -0.2) is 8.78 Å². The van der Waals surface area contributed by atoms with Crippen molar-refractivity contribution < 1.29 is 35.4 Å². The van der Waals surface area contributed by atoms with Gasteiger partial charge in [-0.3, -0.25) is 9.59 Å². The van der Waals surface area contributed by atoms with Crippen LogP contribution in [-0.4, -0.2) is 32.3 Å². The van der Waals surface area contributed by atoms with Gasteiger partial charge in [-0.1, -0.05) is 78.4 Å². The Morgan fingerprint density at radius 3 is 2.09 bits per heavy atom. The van der Waals surface area contributed by atoms with Crippen LogP contribution in [0.3, 0.4) is 0 Å². The second-order valence-corrected chi connectivity index (χ2v) is 11.8. The van der Waals surface area contributed by atoms with Crippen LogP contribution in [0.25, 0.3) is 0 Å².